The van der Waals surface area contributed by atoms with Crippen LogP contribution in [-0.4, -0.2) is 42.1 Å². The number of nitrogens with zero attached hydrogens (tertiary/aromatic N) is 2. The van der Waals surface area contributed by atoms with E-state index in [0.717, 1.165) is 6.42 Å². The van der Waals surface area contributed by atoms with Crippen LogP contribution in [0.4, 0.5) is 0 Å². The van der Waals surface area contributed by atoms with E-state index in [1.807, 2.05) is 0 Å². The molecule has 0 aromatic carbocycles. The highest BCUT2D eigenvalue weighted by molar-refractivity contribution is 4.76. The third-order valence-corrected chi connectivity index (χ3v) is 4.33. The summed E-state index contributed by atoms with van der Waals surface area (Å²) in [5, 5.41) is 0. The molecule has 132 valence electrons. The molecule has 0 aromatic heterocycles. The van der Waals surface area contributed by atoms with Gasteiger partial charge in [-0.25, -0.2) is 0 Å². The normalized spacial score (nSPS) is 11.8. The highest BCUT2D eigenvalue weighted by Gasteiger charge is 2.23. The number of unbranched alkanes of at least 4 members (excludes halogenated alkanes) is 3. The van der Waals surface area contributed by atoms with Crippen molar-refractivity contribution in [1.82, 2.24) is 9.80 Å². The van der Waals surface area contributed by atoms with Crippen molar-refractivity contribution in [2.45, 2.75) is 91.6 Å². The minimum absolute atomic E-state index is 0.637. The highest BCUT2D eigenvalue weighted by Crippen LogP contribution is 2.17. The zero-order valence-electron chi connectivity index (χ0n) is 15.9. The summed E-state index contributed by atoms with van der Waals surface area (Å²) in [4.78, 5) is 5.52. The molecule has 0 aliphatic carbocycles. The van der Waals surface area contributed by atoms with Gasteiger partial charge in [0.05, 0.1) is 6.17 Å². The molecule has 0 aliphatic heterocycles. The average molecular weight is 311 g/mol. The quantitative estimate of drug-likeness (QED) is 0.205. The molecule has 22 heavy (non-hydrogen) atoms. The molecule has 2 heteroatoms. The van der Waals surface area contributed by atoms with E-state index < -0.39 is 0 Å². The van der Waals surface area contributed by atoms with E-state index >= 15 is 0 Å². The Balaban J connectivity index is 4.90. The van der Waals surface area contributed by atoms with Crippen molar-refractivity contribution in [3.8, 4) is 0 Å². The van der Waals surface area contributed by atoms with E-state index in [4.69, 9.17) is 0 Å². The van der Waals surface area contributed by atoms with E-state index in [0.29, 0.717) is 6.17 Å². The van der Waals surface area contributed by atoms with Crippen LogP contribution in [0.2, 0.25) is 0 Å². The maximum Gasteiger partial charge on any atom is 0.0622 e. The first-order chi connectivity index (χ1) is 10.7. The number of hydrogen-bond donors (Lipinski definition) is 0. The van der Waals surface area contributed by atoms with Gasteiger partial charge in [-0.1, -0.05) is 46.6 Å². The molecule has 0 amide bonds. The molecule has 0 bridgehead atoms. The molecule has 0 unspecified atom stereocenters. The molecular weight excluding hydrogens is 268 g/mol. The van der Waals surface area contributed by atoms with Gasteiger partial charge < -0.3 is 0 Å². The second kappa shape index (κ2) is 15.6. The van der Waals surface area contributed by atoms with Gasteiger partial charge in [-0.05, 0) is 71.1 Å². The smallest absolute Gasteiger partial charge is 0.0622 e. The Morgan fingerprint density at radius 3 is 1.59 bits per heavy atom. The number of allylic oxidation sites excluding steroid dienone is 1. The van der Waals surface area contributed by atoms with Gasteiger partial charge in [0.15, 0.2) is 0 Å². The molecule has 0 rings (SSSR count). The summed E-state index contributed by atoms with van der Waals surface area (Å²) in [6.45, 7) is 18.1. The van der Waals surface area contributed by atoms with Gasteiger partial charge >= 0.3 is 0 Å². The monoisotopic (exact) mass is 310 g/mol. The van der Waals surface area contributed by atoms with Crippen LogP contribution in [0.3, 0.4) is 0 Å². The van der Waals surface area contributed by atoms with Crippen LogP contribution in [0.15, 0.2) is 12.7 Å². The molecule has 0 fully saturated rings. The van der Waals surface area contributed by atoms with Gasteiger partial charge in [-0.2, -0.15) is 0 Å². The van der Waals surface area contributed by atoms with Crippen LogP contribution in [0.25, 0.3) is 0 Å². The average Bonchev–Trinajstić information content (AvgIpc) is 2.53. The zero-order valence-corrected chi connectivity index (χ0v) is 15.9. The maximum absolute atomic E-state index is 3.89. The topological polar surface area (TPSA) is 6.48 Å². The van der Waals surface area contributed by atoms with Crippen LogP contribution in [0.5, 0.6) is 0 Å². The first kappa shape index (κ1) is 21.7. The van der Waals surface area contributed by atoms with Crippen LogP contribution in [0, 0.1) is 0 Å². The molecule has 0 atom stereocenters. The van der Waals surface area contributed by atoms with E-state index in [-0.39, 0.29) is 0 Å². The fourth-order valence-corrected chi connectivity index (χ4v) is 3.16. The first-order valence-corrected chi connectivity index (χ1v) is 9.83. The van der Waals surface area contributed by atoms with Crippen molar-refractivity contribution >= 4 is 0 Å². The summed E-state index contributed by atoms with van der Waals surface area (Å²) in [6, 6.07) is 0. The molecule has 0 radical (unpaired) electrons. The molecule has 0 heterocycles. The minimum atomic E-state index is 0.637. The van der Waals surface area contributed by atoms with E-state index in [2.05, 4.69) is 50.1 Å². The maximum atomic E-state index is 3.89. The summed E-state index contributed by atoms with van der Waals surface area (Å²) in [5.74, 6) is 0. The third-order valence-electron chi connectivity index (χ3n) is 4.33. The second-order valence-electron chi connectivity index (χ2n) is 6.48. The number of rotatable bonds is 16. The number of hydrogen-bond acceptors (Lipinski definition) is 2. The van der Waals surface area contributed by atoms with Crippen molar-refractivity contribution < 1.29 is 0 Å². The lowest BCUT2D eigenvalue weighted by Gasteiger charge is -2.40. The summed E-state index contributed by atoms with van der Waals surface area (Å²) < 4.78 is 0. The summed E-state index contributed by atoms with van der Waals surface area (Å²) in [6.07, 6.45) is 14.2. The van der Waals surface area contributed by atoms with Crippen LogP contribution in [0.1, 0.15) is 85.5 Å². The lowest BCUT2D eigenvalue weighted by Crippen LogP contribution is -2.49. The fraction of sp³-hybridized carbons (Fsp3) is 0.900. The fourth-order valence-electron chi connectivity index (χ4n) is 3.16. The minimum Gasteiger partial charge on any atom is -0.288 e. The Labute approximate surface area is 141 Å². The predicted octanol–water partition coefficient (Wildman–Crippen LogP) is 5.69. The third kappa shape index (κ3) is 9.63. The van der Waals surface area contributed by atoms with E-state index in [1.54, 1.807) is 0 Å². The standard InChI is InChI=1S/C20H42N2/c1-6-11-14-15-20(21(16-9-4)18-12-7-2)22(17-10-5)19-13-8-3/h6,20H,1,7-19H2,2-5H3. The van der Waals surface area contributed by atoms with E-state index in [1.165, 1.54) is 77.5 Å². The van der Waals surface area contributed by atoms with Crippen molar-refractivity contribution in [2.24, 2.45) is 0 Å². The van der Waals surface area contributed by atoms with Crippen molar-refractivity contribution in [3.63, 3.8) is 0 Å². The molecule has 0 aromatic rings. The molecular formula is C20H42N2. The van der Waals surface area contributed by atoms with Crippen LogP contribution in [-0.2, 0) is 0 Å². The Bertz CT molecular complexity index is 222. The van der Waals surface area contributed by atoms with Gasteiger partial charge in [0.25, 0.3) is 0 Å². The van der Waals surface area contributed by atoms with Gasteiger partial charge in [-0.3, -0.25) is 9.80 Å². The summed E-state index contributed by atoms with van der Waals surface area (Å²) in [5.41, 5.74) is 0. The summed E-state index contributed by atoms with van der Waals surface area (Å²) >= 11 is 0. The van der Waals surface area contributed by atoms with Crippen molar-refractivity contribution in [3.05, 3.63) is 12.7 Å². The predicted molar refractivity (Wildman–Crippen MR) is 101 cm³/mol. The van der Waals surface area contributed by atoms with Crippen LogP contribution < -0.4 is 0 Å². The lowest BCUT2D eigenvalue weighted by atomic mass is 10.1. The summed E-state index contributed by atoms with van der Waals surface area (Å²) in [7, 11) is 0. The Morgan fingerprint density at radius 1 is 0.727 bits per heavy atom. The highest BCUT2D eigenvalue weighted by atomic mass is 15.3. The van der Waals surface area contributed by atoms with Gasteiger partial charge in [0, 0.05) is 0 Å². The molecule has 0 saturated carbocycles. The van der Waals surface area contributed by atoms with Gasteiger partial charge in [0.1, 0.15) is 0 Å². The molecule has 0 saturated heterocycles. The molecule has 2 nitrogen and oxygen atoms in total. The lowest BCUT2D eigenvalue weighted by molar-refractivity contribution is 0.0317. The van der Waals surface area contributed by atoms with Crippen LogP contribution >= 0.6 is 0 Å². The zero-order chi connectivity index (χ0) is 16.6. The van der Waals surface area contributed by atoms with Crippen molar-refractivity contribution in [1.29, 1.82) is 0 Å². The molecule has 0 aliphatic rings. The Hall–Kier alpha value is -0.340. The van der Waals surface area contributed by atoms with Gasteiger partial charge in [-0.15, -0.1) is 6.58 Å². The largest absolute Gasteiger partial charge is 0.288 e. The second-order valence-corrected chi connectivity index (χ2v) is 6.48. The van der Waals surface area contributed by atoms with Gasteiger partial charge in [0.2, 0.25) is 0 Å². The Kier molecular flexibility index (Phi) is 15.3. The molecule has 0 spiro atoms. The molecule has 0 N–H and O–H groups in total. The van der Waals surface area contributed by atoms with Crippen molar-refractivity contribution in [2.75, 3.05) is 26.2 Å². The van der Waals surface area contributed by atoms with E-state index in [9.17, 15) is 0 Å². The SMILES string of the molecule is C=CCCCC(N(CCC)CCCC)N(CCC)CCCC. The first-order valence-electron chi connectivity index (χ1n) is 9.83. The Morgan fingerprint density at radius 2 is 1.23 bits per heavy atom.